The zero-order chi connectivity index (χ0) is 14.5. The van der Waals surface area contributed by atoms with Crippen LogP contribution in [0.15, 0.2) is 16.6 Å². The van der Waals surface area contributed by atoms with E-state index in [1.807, 2.05) is 13.8 Å². The van der Waals surface area contributed by atoms with Gasteiger partial charge in [-0.05, 0) is 48.7 Å². The Morgan fingerprint density at radius 3 is 2.58 bits per heavy atom. The largest absolute Gasteiger partial charge is 0.383 e. The standard InChI is InChI=1S/C14H17BrF2N2/c1-14(2,9-18)5-3-4-6-19-13-7-10(15)11(16)8-12(13)17/h7-8,19H,3-6H2,1-2H3. The van der Waals surface area contributed by atoms with Crippen molar-refractivity contribution < 1.29 is 8.78 Å². The van der Waals surface area contributed by atoms with E-state index >= 15 is 0 Å². The first-order chi connectivity index (χ1) is 8.85. The van der Waals surface area contributed by atoms with Crippen molar-refractivity contribution in [2.75, 3.05) is 11.9 Å². The highest BCUT2D eigenvalue weighted by Gasteiger charge is 2.15. The molecular weight excluding hydrogens is 314 g/mol. The van der Waals surface area contributed by atoms with Gasteiger partial charge in [0, 0.05) is 12.6 Å². The molecule has 0 bridgehead atoms. The van der Waals surface area contributed by atoms with Crippen LogP contribution >= 0.6 is 15.9 Å². The van der Waals surface area contributed by atoms with Crippen molar-refractivity contribution in [1.29, 1.82) is 5.26 Å². The predicted octanol–water partition coefficient (Wildman–Crippen LogP) is 4.86. The van der Waals surface area contributed by atoms with Gasteiger partial charge in [-0.2, -0.15) is 5.26 Å². The third-order valence-electron chi connectivity index (χ3n) is 2.86. The number of rotatable bonds is 6. The molecule has 0 aliphatic rings. The van der Waals surface area contributed by atoms with E-state index in [0.29, 0.717) is 6.54 Å². The van der Waals surface area contributed by atoms with Crippen molar-refractivity contribution in [3.63, 3.8) is 0 Å². The van der Waals surface area contributed by atoms with Gasteiger partial charge in [0.1, 0.15) is 11.6 Å². The molecule has 0 aromatic heterocycles. The molecule has 19 heavy (non-hydrogen) atoms. The first kappa shape index (κ1) is 15.9. The fourth-order valence-electron chi connectivity index (χ4n) is 1.63. The Labute approximate surface area is 120 Å². The fourth-order valence-corrected chi connectivity index (χ4v) is 1.97. The Hall–Kier alpha value is -1.15. The Bertz CT molecular complexity index is 481. The van der Waals surface area contributed by atoms with Gasteiger partial charge in [0.25, 0.3) is 0 Å². The lowest BCUT2D eigenvalue weighted by atomic mass is 9.89. The second-order valence-electron chi connectivity index (χ2n) is 5.13. The van der Waals surface area contributed by atoms with Crippen molar-refractivity contribution in [3.05, 3.63) is 28.2 Å². The molecule has 0 saturated carbocycles. The lowest BCUT2D eigenvalue weighted by Crippen LogP contribution is -2.09. The highest BCUT2D eigenvalue weighted by Crippen LogP contribution is 2.24. The van der Waals surface area contributed by atoms with Crippen molar-refractivity contribution in [2.45, 2.75) is 33.1 Å². The van der Waals surface area contributed by atoms with Crippen LogP contribution in [0, 0.1) is 28.4 Å². The average molecular weight is 331 g/mol. The van der Waals surface area contributed by atoms with Crippen LogP contribution in [0.4, 0.5) is 14.5 Å². The van der Waals surface area contributed by atoms with Crippen LogP contribution in [-0.4, -0.2) is 6.54 Å². The molecule has 1 rings (SSSR count). The molecule has 1 N–H and O–H groups in total. The smallest absolute Gasteiger partial charge is 0.149 e. The molecule has 0 aliphatic heterocycles. The minimum absolute atomic E-state index is 0.238. The number of hydrogen-bond acceptors (Lipinski definition) is 2. The summed E-state index contributed by atoms with van der Waals surface area (Å²) in [5.74, 6) is -1.21. The molecule has 0 saturated heterocycles. The van der Waals surface area contributed by atoms with E-state index in [1.165, 1.54) is 6.07 Å². The maximum Gasteiger partial charge on any atom is 0.149 e. The number of halogens is 3. The summed E-state index contributed by atoms with van der Waals surface area (Å²) >= 11 is 3.02. The van der Waals surface area contributed by atoms with Gasteiger partial charge in [0.2, 0.25) is 0 Å². The molecule has 1 aromatic rings. The van der Waals surface area contributed by atoms with E-state index in [9.17, 15) is 8.78 Å². The number of anilines is 1. The van der Waals surface area contributed by atoms with Crippen LogP contribution in [-0.2, 0) is 0 Å². The molecule has 5 heteroatoms. The SMILES string of the molecule is CC(C)(C#N)CCCCNc1cc(Br)c(F)cc1F. The molecule has 104 valence electrons. The second-order valence-corrected chi connectivity index (χ2v) is 5.98. The van der Waals surface area contributed by atoms with Crippen molar-refractivity contribution in [3.8, 4) is 6.07 Å². The van der Waals surface area contributed by atoms with Gasteiger partial charge in [-0.25, -0.2) is 8.78 Å². The normalized spacial score (nSPS) is 11.2. The number of hydrogen-bond donors (Lipinski definition) is 1. The number of nitrogens with zero attached hydrogens (tertiary/aromatic N) is 1. The number of benzene rings is 1. The summed E-state index contributed by atoms with van der Waals surface area (Å²) in [6, 6.07) is 4.49. The lowest BCUT2D eigenvalue weighted by Gasteiger charge is -2.14. The van der Waals surface area contributed by atoms with Gasteiger partial charge in [-0.15, -0.1) is 0 Å². The molecule has 0 heterocycles. The second kappa shape index (κ2) is 6.85. The fraction of sp³-hybridized carbons (Fsp3) is 0.500. The molecule has 1 aromatic carbocycles. The van der Waals surface area contributed by atoms with Crippen LogP contribution in [0.2, 0.25) is 0 Å². The topological polar surface area (TPSA) is 35.8 Å². The minimum atomic E-state index is -0.612. The lowest BCUT2D eigenvalue weighted by molar-refractivity contribution is 0.430. The first-order valence-corrected chi connectivity index (χ1v) is 6.95. The van der Waals surface area contributed by atoms with Crippen molar-refractivity contribution >= 4 is 21.6 Å². The number of nitrogens with one attached hydrogen (secondary N) is 1. The summed E-state index contributed by atoms with van der Waals surface area (Å²) in [5.41, 5.74) is -0.0303. The third-order valence-corrected chi connectivity index (χ3v) is 3.46. The quantitative estimate of drug-likeness (QED) is 0.597. The van der Waals surface area contributed by atoms with E-state index < -0.39 is 11.6 Å². The molecule has 0 aliphatic carbocycles. The molecule has 0 atom stereocenters. The zero-order valence-corrected chi connectivity index (χ0v) is 12.7. The highest BCUT2D eigenvalue weighted by atomic mass is 79.9. The molecule has 0 amide bonds. The van der Waals surface area contributed by atoms with Gasteiger partial charge in [-0.1, -0.05) is 6.42 Å². The first-order valence-electron chi connectivity index (χ1n) is 6.15. The molecular formula is C14H17BrF2N2. The van der Waals surface area contributed by atoms with Crippen LogP contribution < -0.4 is 5.32 Å². The Morgan fingerprint density at radius 2 is 1.95 bits per heavy atom. The number of nitriles is 1. The Kier molecular flexibility index (Phi) is 5.74. The summed E-state index contributed by atoms with van der Waals surface area (Å²) in [5, 5.41) is 11.8. The maximum absolute atomic E-state index is 13.4. The summed E-state index contributed by atoms with van der Waals surface area (Å²) in [6.07, 6.45) is 2.53. The number of unbranched alkanes of at least 4 members (excludes halogenated alkanes) is 1. The van der Waals surface area contributed by atoms with Gasteiger partial charge in [0.15, 0.2) is 0 Å². The van der Waals surface area contributed by atoms with E-state index in [2.05, 4.69) is 27.3 Å². The Balaban J connectivity index is 2.39. The van der Waals surface area contributed by atoms with Crippen molar-refractivity contribution in [1.82, 2.24) is 0 Å². The molecule has 0 radical (unpaired) electrons. The van der Waals surface area contributed by atoms with Crippen molar-refractivity contribution in [2.24, 2.45) is 5.41 Å². The molecule has 0 spiro atoms. The van der Waals surface area contributed by atoms with E-state index in [-0.39, 0.29) is 15.6 Å². The van der Waals surface area contributed by atoms with E-state index in [4.69, 9.17) is 5.26 Å². The van der Waals surface area contributed by atoms with Crippen LogP contribution in [0.25, 0.3) is 0 Å². The zero-order valence-electron chi connectivity index (χ0n) is 11.1. The van der Waals surface area contributed by atoms with E-state index in [0.717, 1.165) is 25.3 Å². The minimum Gasteiger partial charge on any atom is -0.383 e. The average Bonchev–Trinajstić information content (AvgIpc) is 2.35. The van der Waals surface area contributed by atoms with Crippen LogP contribution in [0.3, 0.4) is 0 Å². The summed E-state index contributed by atoms with van der Waals surface area (Å²) in [6.45, 7) is 4.39. The van der Waals surface area contributed by atoms with Gasteiger partial charge >= 0.3 is 0 Å². The van der Waals surface area contributed by atoms with E-state index in [1.54, 1.807) is 0 Å². The van der Waals surface area contributed by atoms with Gasteiger partial charge < -0.3 is 5.32 Å². The monoisotopic (exact) mass is 330 g/mol. The maximum atomic E-state index is 13.4. The summed E-state index contributed by atoms with van der Waals surface area (Å²) in [7, 11) is 0. The molecule has 2 nitrogen and oxygen atoms in total. The van der Waals surface area contributed by atoms with Crippen LogP contribution in [0.5, 0.6) is 0 Å². The molecule has 0 unspecified atom stereocenters. The molecule has 0 fully saturated rings. The summed E-state index contributed by atoms with van der Waals surface area (Å²) < 4.78 is 26.7. The van der Waals surface area contributed by atoms with Gasteiger partial charge in [0.05, 0.1) is 21.6 Å². The Morgan fingerprint density at radius 1 is 1.26 bits per heavy atom. The highest BCUT2D eigenvalue weighted by molar-refractivity contribution is 9.10. The van der Waals surface area contributed by atoms with Gasteiger partial charge in [-0.3, -0.25) is 0 Å². The summed E-state index contributed by atoms with van der Waals surface area (Å²) in [4.78, 5) is 0. The predicted molar refractivity (Wildman–Crippen MR) is 75.8 cm³/mol. The van der Waals surface area contributed by atoms with Crippen LogP contribution in [0.1, 0.15) is 33.1 Å². The third kappa shape index (κ3) is 5.15.